The van der Waals surface area contributed by atoms with Crippen molar-refractivity contribution in [2.75, 3.05) is 0 Å². The van der Waals surface area contributed by atoms with E-state index in [9.17, 15) is 0 Å². The first kappa shape index (κ1) is 12.3. The van der Waals surface area contributed by atoms with Crippen molar-refractivity contribution < 1.29 is 0 Å². The zero-order valence-corrected chi connectivity index (χ0v) is 11.7. The molecule has 2 rings (SSSR count). The van der Waals surface area contributed by atoms with Gasteiger partial charge in [0.25, 0.3) is 0 Å². The van der Waals surface area contributed by atoms with E-state index < -0.39 is 0 Å². The van der Waals surface area contributed by atoms with Crippen molar-refractivity contribution in [1.29, 1.82) is 0 Å². The molecule has 0 spiro atoms. The highest BCUT2D eigenvalue weighted by molar-refractivity contribution is 9.10. The zero-order valence-electron chi connectivity index (χ0n) is 10.1. The molecule has 17 heavy (non-hydrogen) atoms. The fraction of sp³-hybridized carbons (Fsp3) is 0.308. The molecule has 0 amide bonds. The van der Waals surface area contributed by atoms with E-state index in [0.29, 0.717) is 0 Å². The van der Waals surface area contributed by atoms with Crippen molar-refractivity contribution in [3.63, 3.8) is 0 Å². The van der Waals surface area contributed by atoms with Crippen molar-refractivity contribution >= 4 is 15.9 Å². The third-order valence-electron chi connectivity index (χ3n) is 2.89. The third-order valence-corrected chi connectivity index (χ3v) is 3.42. The molecule has 3 nitrogen and oxygen atoms in total. The maximum absolute atomic E-state index is 4.22. The van der Waals surface area contributed by atoms with Crippen LogP contribution < -0.4 is 5.32 Å². The van der Waals surface area contributed by atoms with E-state index in [2.05, 4.69) is 57.5 Å². The highest BCUT2D eigenvalue weighted by atomic mass is 79.9. The van der Waals surface area contributed by atoms with Crippen LogP contribution in [0.3, 0.4) is 0 Å². The molecule has 0 unspecified atom stereocenters. The Bertz CT molecular complexity index is 488. The Hall–Kier alpha value is -1.13. The fourth-order valence-electron chi connectivity index (χ4n) is 1.66. The van der Waals surface area contributed by atoms with Gasteiger partial charge in [-0.05, 0) is 24.6 Å². The van der Waals surface area contributed by atoms with Gasteiger partial charge in [0.05, 0.1) is 6.20 Å². The molecular weight excluding hydrogens is 278 g/mol. The highest BCUT2D eigenvalue weighted by Crippen LogP contribution is 2.10. The van der Waals surface area contributed by atoms with Crippen LogP contribution in [-0.4, -0.2) is 9.78 Å². The van der Waals surface area contributed by atoms with Gasteiger partial charge in [0.2, 0.25) is 0 Å². The Morgan fingerprint density at radius 2 is 1.94 bits per heavy atom. The van der Waals surface area contributed by atoms with Gasteiger partial charge in [-0.2, -0.15) is 5.10 Å². The van der Waals surface area contributed by atoms with Crippen LogP contribution in [0.5, 0.6) is 0 Å². The van der Waals surface area contributed by atoms with Crippen molar-refractivity contribution in [2.45, 2.75) is 20.0 Å². The number of hydrogen-bond acceptors (Lipinski definition) is 2. The van der Waals surface area contributed by atoms with E-state index in [1.54, 1.807) is 0 Å². The number of hydrogen-bond donors (Lipinski definition) is 1. The van der Waals surface area contributed by atoms with Gasteiger partial charge in [0, 0.05) is 35.9 Å². The summed E-state index contributed by atoms with van der Waals surface area (Å²) in [7, 11) is 1.97. The van der Waals surface area contributed by atoms with Crippen molar-refractivity contribution in [2.24, 2.45) is 7.05 Å². The lowest BCUT2D eigenvalue weighted by molar-refractivity contribution is 0.684. The first-order valence-electron chi connectivity index (χ1n) is 5.59. The summed E-state index contributed by atoms with van der Waals surface area (Å²) in [5.74, 6) is 0. The Morgan fingerprint density at radius 3 is 2.53 bits per heavy atom. The minimum absolute atomic E-state index is 0.857. The molecule has 2 aromatic rings. The number of halogens is 1. The second-order valence-corrected chi connectivity index (χ2v) is 5.02. The molecule has 90 valence electrons. The molecule has 0 aliphatic rings. The van der Waals surface area contributed by atoms with E-state index in [0.717, 1.165) is 17.6 Å². The number of aryl methyl sites for hydroxylation is 1. The maximum atomic E-state index is 4.22. The van der Waals surface area contributed by atoms with Crippen LogP contribution >= 0.6 is 15.9 Å². The Labute approximate surface area is 110 Å². The number of nitrogens with zero attached hydrogens (tertiary/aromatic N) is 2. The average Bonchev–Trinajstić information content (AvgIpc) is 2.64. The van der Waals surface area contributed by atoms with Gasteiger partial charge in [-0.3, -0.25) is 4.68 Å². The summed E-state index contributed by atoms with van der Waals surface area (Å²) in [6.07, 6.45) is 1.92. The topological polar surface area (TPSA) is 29.9 Å². The number of rotatable bonds is 4. The van der Waals surface area contributed by atoms with Gasteiger partial charge < -0.3 is 5.32 Å². The molecule has 0 aliphatic carbocycles. The van der Waals surface area contributed by atoms with E-state index in [4.69, 9.17) is 0 Å². The summed E-state index contributed by atoms with van der Waals surface area (Å²) in [4.78, 5) is 0. The summed E-state index contributed by atoms with van der Waals surface area (Å²) >= 11 is 3.43. The second kappa shape index (κ2) is 5.47. The lowest BCUT2D eigenvalue weighted by Gasteiger charge is -2.05. The lowest BCUT2D eigenvalue weighted by Crippen LogP contribution is -2.13. The van der Waals surface area contributed by atoms with E-state index >= 15 is 0 Å². The van der Waals surface area contributed by atoms with E-state index in [-0.39, 0.29) is 0 Å². The predicted octanol–water partition coefficient (Wildman–Crippen LogP) is 2.78. The first-order chi connectivity index (χ1) is 8.16. The lowest BCUT2D eigenvalue weighted by atomic mass is 10.2. The molecule has 1 heterocycles. The smallest absolute Gasteiger partial charge is 0.0537 e. The molecule has 1 aromatic heterocycles. The molecule has 0 bridgehead atoms. The zero-order chi connectivity index (χ0) is 12.3. The van der Waals surface area contributed by atoms with Gasteiger partial charge in [-0.25, -0.2) is 0 Å². The Balaban J connectivity index is 1.87. The molecule has 1 aromatic carbocycles. The van der Waals surface area contributed by atoms with Gasteiger partial charge in [-0.1, -0.05) is 28.1 Å². The number of benzene rings is 1. The molecule has 0 aliphatic heterocycles. The normalized spacial score (nSPS) is 10.8. The van der Waals surface area contributed by atoms with Crippen molar-refractivity contribution in [3.05, 3.63) is 51.8 Å². The minimum Gasteiger partial charge on any atom is -0.308 e. The van der Waals surface area contributed by atoms with E-state index in [1.165, 1.54) is 16.8 Å². The van der Waals surface area contributed by atoms with E-state index in [1.807, 2.05) is 17.9 Å². The quantitative estimate of drug-likeness (QED) is 0.939. The second-order valence-electron chi connectivity index (χ2n) is 4.11. The van der Waals surface area contributed by atoms with Crippen LogP contribution in [0.25, 0.3) is 0 Å². The fourth-order valence-corrected chi connectivity index (χ4v) is 1.93. The maximum Gasteiger partial charge on any atom is 0.0537 e. The third kappa shape index (κ3) is 3.17. The van der Waals surface area contributed by atoms with Gasteiger partial charge in [0.15, 0.2) is 0 Å². The van der Waals surface area contributed by atoms with Crippen LogP contribution in [0.4, 0.5) is 0 Å². The largest absolute Gasteiger partial charge is 0.308 e. The summed E-state index contributed by atoms with van der Waals surface area (Å²) in [5, 5.41) is 7.65. The Morgan fingerprint density at radius 1 is 1.24 bits per heavy atom. The van der Waals surface area contributed by atoms with Crippen LogP contribution in [-0.2, 0) is 20.1 Å². The number of aromatic nitrogens is 2. The summed E-state index contributed by atoms with van der Waals surface area (Å²) in [6.45, 7) is 3.82. The predicted molar refractivity (Wildman–Crippen MR) is 72.6 cm³/mol. The molecule has 4 heteroatoms. The Kier molecular flexibility index (Phi) is 3.97. The average molecular weight is 294 g/mol. The standard InChI is InChI=1S/C13H16BrN3/c1-10-12(9-16-17(10)2)8-15-7-11-3-5-13(14)6-4-11/h3-6,9,15H,7-8H2,1-2H3. The highest BCUT2D eigenvalue weighted by Gasteiger charge is 2.02. The number of nitrogens with one attached hydrogen (secondary N) is 1. The van der Waals surface area contributed by atoms with Crippen molar-refractivity contribution in [3.8, 4) is 0 Å². The van der Waals surface area contributed by atoms with Gasteiger partial charge in [-0.15, -0.1) is 0 Å². The summed E-state index contributed by atoms with van der Waals surface area (Å²) in [6, 6.07) is 8.36. The monoisotopic (exact) mass is 293 g/mol. The minimum atomic E-state index is 0.857. The van der Waals surface area contributed by atoms with Crippen LogP contribution in [0.2, 0.25) is 0 Å². The molecule has 0 radical (unpaired) electrons. The summed E-state index contributed by atoms with van der Waals surface area (Å²) < 4.78 is 3.01. The SMILES string of the molecule is Cc1c(CNCc2ccc(Br)cc2)cnn1C. The van der Waals surface area contributed by atoms with Crippen LogP contribution in [0, 0.1) is 6.92 Å². The molecular formula is C13H16BrN3. The molecule has 0 saturated carbocycles. The summed E-state index contributed by atoms with van der Waals surface area (Å²) in [5.41, 5.74) is 3.76. The van der Waals surface area contributed by atoms with Crippen molar-refractivity contribution in [1.82, 2.24) is 15.1 Å². The van der Waals surface area contributed by atoms with Gasteiger partial charge >= 0.3 is 0 Å². The van der Waals surface area contributed by atoms with Crippen LogP contribution in [0.15, 0.2) is 34.9 Å². The molecule has 1 N–H and O–H groups in total. The van der Waals surface area contributed by atoms with Crippen LogP contribution in [0.1, 0.15) is 16.8 Å². The molecule has 0 saturated heterocycles. The first-order valence-corrected chi connectivity index (χ1v) is 6.39. The molecule has 0 fully saturated rings. The molecule has 0 atom stereocenters. The van der Waals surface area contributed by atoms with Gasteiger partial charge in [0.1, 0.15) is 0 Å².